The van der Waals surface area contributed by atoms with Crippen LogP contribution in [0.4, 0.5) is 0 Å². The average molecular weight is 256 g/mol. The van der Waals surface area contributed by atoms with Gasteiger partial charge in [0.1, 0.15) is 0 Å². The van der Waals surface area contributed by atoms with Gasteiger partial charge in [-0.3, -0.25) is 0 Å². The molecule has 0 amide bonds. The van der Waals surface area contributed by atoms with Gasteiger partial charge in [0.2, 0.25) is 0 Å². The molecule has 100 valence electrons. The summed E-state index contributed by atoms with van der Waals surface area (Å²) in [6, 6.07) is 0.701. The highest BCUT2D eigenvalue weighted by Gasteiger charge is 2.23. The van der Waals surface area contributed by atoms with E-state index in [0.29, 0.717) is 6.04 Å². The highest BCUT2D eigenvalue weighted by atomic mass is 32.2. The fourth-order valence-electron chi connectivity index (χ4n) is 3.08. The molecule has 2 aliphatic heterocycles. The zero-order chi connectivity index (χ0) is 12.1. The lowest BCUT2D eigenvalue weighted by atomic mass is 9.91. The van der Waals surface area contributed by atoms with Crippen molar-refractivity contribution in [3.8, 4) is 0 Å². The Kier molecular flexibility index (Phi) is 5.64. The van der Waals surface area contributed by atoms with Crippen LogP contribution in [0.5, 0.6) is 0 Å². The van der Waals surface area contributed by atoms with Gasteiger partial charge in [-0.15, -0.1) is 0 Å². The summed E-state index contributed by atoms with van der Waals surface area (Å²) < 4.78 is 0. The first kappa shape index (κ1) is 13.7. The SMILES string of the molecule is CC(NCC1CCSCC1)C1CCCN(C)C1. The highest BCUT2D eigenvalue weighted by Crippen LogP contribution is 2.23. The fourth-order valence-corrected chi connectivity index (χ4v) is 4.29. The molecule has 0 aromatic carbocycles. The maximum absolute atomic E-state index is 3.81. The zero-order valence-electron chi connectivity index (χ0n) is 11.5. The normalized spacial score (nSPS) is 30.4. The first-order valence-electron chi connectivity index (χ1n) is 7.25. The van der Waals surface area contributed by atoms with Gasteiger partial charge in [0.15, 0.2) is 0 Å². The average Bonchev–Trinajstić information content (AvgIpc) is 2.37. The summed E-state index contributed by atoms with van der Waals surface area (Å²) in [7, 11) is 2.26. The number of piperidine rings is 1. The molecule has 2 atom stereocenters. The monoisotopic (exact) mass is 256 g/mol. The van der Waals surface area contributed by atoms with E-state index in [0.717, 1.165) is 11.8 Å². The van der Waals surface area contributed by atoms with Gasteiger partial charge < -0.3 is 10.2 Å². The van der Waals surface area contributed by atoms with Crippen molar-refractivity contribution >= 4 is 11.8 Å². The molecule has 17 heavy (non-hydrogen) atoms. The quantitative estimate of drug-likeness (QED) is 0.832. The van der Waals surface area contributed by atoms with Crippen LogP contribution in [0, 0.1) is 11.8 Å². The fraction of sp³-hybridized carbons (Fsp3) is 1.00. The summed E-state index contributed by atoms with van der Waals surface area (Å²) in [5.74, 6) is 4.58. The van der Waals surface area contributed by atoms with E-state index in [1.807, 2.05) is 0 Å². The number of likely N-dealkylation sites (tertiary alicyclic amines) is 1. The highest BCUT2D eigenvalue weighted by molar-refractivity contribution is 7.99. The Labute approximate surface area is 111 Å². The number of rotatable bonds is 4. The first-order chi connectivity index (χ1) is 8.25. The Morgan fingerprint density at radius 3 is 2.76 bits per heavy atom. The molecular weight excluding hydrogens is 228 g/mol. The van der Waals surface area contributed by atoms with Crippen molar-refractivity contribution in [2.24, 2.45) is 11.8 Å². The van der Waals surface area contributed by atoms with Crippen LogP contribution in [-0.4, -0.2) is 49.1 Å². The van der Waals surface area contributed by atoms with Crippen LogP contribution in [0.2, 0.25) is 0 Å². The maximum atomic E-state index is 3.81. The molecule has 3 heteroatoms. The van der Waals surface area contributed by atoms with Crippen LogP contribution < -0.4 is 5.32 Å². The minimum atomic E-state index is 0.701. The van der Waals surface area contributed by atoms with Crippen LogP contribution >= 0.6 is 11.8 Å². The number of nitrogens with one attached hydrogen (secondary N) is 1. The zero-order valence-corrected chi connectivity index (χ0v) is 12.3. The molecular formula is C14H28N2S. The first-order valence-corrected chi connectivity index (χ1v) is 8.41. The van der Waals surface area contributed by atoms with Crippen LogP contribution in [0.25, 0.3) is 0 Å². The van der Waals surface area contributed by atoms with Gasteiger partial charge in [-0.05, 0) is 76.1 Å². The molecule has 2 aliphatic rings. The lowest BCUT2D eigenvalue weighted by Gasteiger charge is -2.35. The lowest BCUT2D eigenvalue weighted by Crippen LogP contribution is -2.44. The van der Waals surface area contributed by atoms with E-state index < -0.39 is 0 Å². The van der Waals surface area contributed by atoms with Gasteiger partial charge >= 0.3 is 0 Å². The molecule has 2 fully saturated rings. The Morgan fingerprint density at radius 1 is 1.29 bits per heavy atom. The van der Waals surface area contributed by atoms with Gasteiger partial charge in [0, 0.05) is 12.6 Å². The van der Waals surface area contributed by atoms with Crippen molar-refractivity contribution in [1.29, 1.82) is 0 Å². The summed E-state index contributed by atoms with van der Waals surface area (Å²) in [6.07, 6.45) is 5.65. The van der Waals surface area contributed by atoms with Crippen molar-refractivity contribution in [1.82, 2.24) is 10.2 Å². The summed E-state index contributed by atoms with van der Waals surface area (Å²) in [5.41, 5.74) is 0. The predicted molar refractivity (Wildman–Crippen MR) is 77.7 cm³/mol. The Morgan fingerprint density at radius 2 is 2.06 bits per heavy atom. The summed E-state index contributed by atoms with van der Waals surface area (Å²) in [5, 5.41) is 3.81. The number of nitrogens with zero attached hydrogens (tertiary/aromatic N) is 1. The molecule has 2 unspecified atom stereocenters. The Balaban J connectivity index is 1.67. The summed E-state index contributed by atoms with van der Waals surface area (Å²) in [6.45, 7) is 6.22. The van der Waals surface area contributed by atoms with Crippen LogP contribution in [0.1, 0.15) is 32.6 Å². The van der Waals surface area contributed by atoms with E-state index >= 15 is 0 Å². The lowest BCUT2D eigenvalue weighted by molar-refractivity contribution is 0.176. The van der Waals surface area contributed by atoms with Crippen molar-refractivity contribution in [2.45, 2.75) is 38.6 Å². The standard InChI is InChI=1S/C14H28N2S/c1-12(14-4-3-7-16(2)11-14)15-10-13-5-8-17-9-6-13/h12-15H,3-11H2,1-2H3. The molecule has 0 saturated carbocycles. The molecule has 2 nitrogen and oxygen atoms in total. The Hall–Kier alpha value is 0.270. The van der Waals surface area contributed by atoms with E-state index in [1.165, 1.54) is 56.8 Å². The van der Waals surface area contributed by atoms with Crippen LogP contribution in [0.3, 0.4) is 0 Å². The topological polar surface area (TPSA) is 15.3 Å². The van der Waals surface area contributed by atoms with E-state index in [9.17, 15) is 0 Å². The van der Waals surface area contributed by atoms with Crippen molar-refractivity contribution < 1.29 is 0 Å². The second-order valence-electron chi connectivity index (χ2n) is 5.92. The predicted octanol–water partition coefficient (Wildman–Crippen LogP) is 2.45. The number of thioether (sulfide) groups is 1. The summed E-state index contributed by atoms with van der Waals surface area (Å²) >= 11 is 2.13. The largest absolute Gasteiger partial charge is 0.314 e. The van der Waals surface area contributed by atoms with E-state index in [2.05, 4.69) is 35.9 Å². The molecule has 2 saturated heterocycles. The molecule has 2 heterocycles. The van der Waals surface area contributed by atoms with E-state index in [-0.39, 0.29) is 0 Å². The Bertz CT molecular complexity index is 216. The minimum absolute atomic E-state index is 0.701. The smallest absolute Gasteiger partial charge is 0.00793 e. The third-order valence-electron chi connectivity index (χ3n) is 4.44. The van der Waals surface area contributed by atoms with Crippen molar-refractivity contribution in [3.05, 3.63) is 0 Å². The summed E-state index contributed by atoms with van der Waals surface area (Å²) in [4.78, 5) is 2.49. The van der Waals surface area contributed by atoms with Crippen LogP contribution in [-0.2, 0) is 0 Å². The molecule has 2 rings (SSSR count). The molecule has 0 bridgehead atoms. The molecule has 0 aliphatic carbocycles. The molecule has 0 aromatic rings. The molecule has 0 aromatic heterocycles. The van der Waals surface area contributed by atoms with Gasteiger partial charge in [-0.1, -0.05) is 0 Å². The van der Waals surface area contributed by atoms with Gasteiger partial charge in [-0.2, -0.15) is 11.8 Å². The van der Waals surface area contributed by atoms with Crippen molar-refractivity contribution in [2.75, 3.05) is 38.2 Å². The second kappa shape index (κ2) is 7.01. The van der Waals surface area contributed by atoms with E-state index in [1.54, 1.807) is 0 Å². The maximum Gasteiger partial charge on any atom is 0.00793 e. The third-order valence-corrected chi connectivity index (χ3v) is 5.49. The number of hydrogen-bond donors (Lipinski definition) is 1. The molecule has 0 spiro atoms. The van der Waals surface area contributed by atoms with Gasteiger partial charge in [0.25, 0.3) is 0 Å². The minimum Gasteiger partial charge on any atom is -0.314 e. The van der Waals surface area contributed by atoms with E-state index in [4.69, 9.17) is 0 Å². The molecule has 0 radical (unpaired) electrons. The molecule has 1 N–H and O–H groups in total. The van der Waals surface area contributed by atoms with Gasteiger partial charge in [-0.25, -0.2) is 0 Å². The van der Waals surface area contributed by atoms with Gasteiger partial charge in [0.05, 0.1) is 0 Å². The van der Waals surface area contributed by atoms with Crippen LogP contribution in [0.15, 0.2) is 0 Å². The van der Waals surface area contributed by atoms with Crippen molar-refractivity contribution in [3.63, 3.8) is 0 Å². The second-order valence-corrected chi connectivity index (χ2v) is 7.14. The third kappa shape index (κ3) is 4.46. The number of hydrogen-bond acceptors (Lipinski definition) is 3.